The van der Waals surface area contributed by atoms with Crippen LogP contribution in [-0.2, 0) is 14.4 Å². The molecule has 1 fully saturated rings. The van der Waals surface area contributed by atoms with Gasteiger partial charge in [0.25, 0.3) is 11.8 Å². The Bertz CT molecular complexity index is 755. The zero-order chi connectivity index (χ0) is 17.9. The number of benzene rings is 1. The first-order valence-corrected chi connectivity index (χ1v) is 7.91. The van der Waals surface area contributed by atoms with Crippen molar-refractivity contribution in [1.82, 2.24) is 10.6 Å². The van der Waals surface area contributed by atoms with E-state index >= 15 is 0 Å². The van der Waals surface area contributed by atoms with Crippen LogP contribution in [0.25, 0.3) is 6.08 Å². The predicted molar refractivity (Wildman–Crippen MR) is 95.7 cm³/mol. The summed E-state index contributed by atoms with van der Waals surface area (Å²) in [6.07, 6.45) is 1.37. The summed E-state index contributed by atoms with van der Waals surface area (Å²) in [4.78, 5) is 34.3. The van der Waals surface area contributed by atoms with Gasteiger partial charge in [-0.1, -0.05) is 0 Å². The second kappa shape index (κ2) is 7.57. The molecule has 10 heteroatoms. The van der Waals surface area contributed by atoms with E-state index in [0.717, 1.165) is 0 Å². The molecule has 24 heavy (non-hydrogen) atoms. The number of hydrogen-bond acceptors (Lipinski definition) is 6. The Balaban J connectivity index is 2.38. The highest BCUT2D eigenvalue weighted by molar-refractivity contribution is 14.1. The third-order valence-corrected chi connectivity index (χ3v) is 3.85. The van der Waals surface area contributed by atoms with Crippen molar-refractivity contribution in [2.45, 2.75) is 0 Å². The Labute approximate surface area is 155 Å². The molecule has 0 unspecified atom stereocenters. The lowest BCUT2D eigenvalue weighted by molar-refractivity contribution is -0.139. The van der Waals surface area contributed by atoms with E-state index in [1.165, 1.54) is 19.3 Å². The SMILES string of the molecule is COc1cc(C=C2C(=O)NC(=S)NC2=O)cc(I)c1OCC(=O)O. The summed E-state index contributed by atoms with van der Waals surface area (Å²) in [5.41, 5.74) is 0.396. The van der Waals surface area contributed by atoms with Crippen LogP contribution in [-0.4, -0.2) is 41.7 Å². The number of aliphatic carboxylic acids is 1. The Hall–Kier alpha value is -2.21. The molecule has 0 saturated carbocycles. The number of carbonyl (C=O) groups excluding carboxylic acids is 2. The van der Waals surface area contributed by atoms with Crippen molar-refractivity contribution in [2.24, 2.45) is 0 Å². The predicted octanol–water partition coefficient (Wildman–Crippen LogP) is 0.677. The molecule has 0 aliphatic carbocycles. The maximum Gasteiger partial charge on any atom is 0.341 e. The van der Waals surface area contributed by atoms with Gasteiger partial charge in [-0.2, -0.15) is 0 Å². The molecule has 0 radical (unpaired) electrons. The normalized spacial score (nSPS) is 13.9. The van der Waals surface area contributed by atoms with E-state index in [2.05, 4.69) is 10.6 Å². The number of carboxylic acids is 1. The van der Waals surface area contributed by atoms with Gasteiger partial charge in [0.15, 0.2) is 23.2 Å². The molecule has 0 bridgehead atoms. The molecule has 0 aromatic heterocycles. The molecular formula is C14H11IN2O6S. The fourth-order valence-electron chi connectivity index (χ4n) is 1.87. The number of carboxylic acid groups (broad SMARTS) is 1. The van der Waals surface area contributed by atoms with E-state index in [1.807, 2.05) is 22.6 Å². The van der Waals surface area contributed by atoms with Crippen LogP contribution in [0.5, 0.6) is 11.5 Å². The van der Waals surface area contributed by atoms with E-state index in [-0.39, 0.29) is 22.2 Å². The van der Waals surface area contributed by atoms with Crippen LogP contribution in [0.1, 0.15) is 5.56 Å². The number of ether oxygens (including phenoxy) is 2. The minimum Gasteiger partial charge on any atom is -0.493 e. The van der Waals surface area contributed by atoms with Gasteiger partial charge in [-0.05, 0) is 58.6 Å². The topological polar surface area (TPSA) is 114 Å². The molecular weight excluding hydrogens is 451 g/mol. The molecule has 1 heterocycles. The maximum atomic E-state index is 11.9. The number of amides is 2. The van der Waals surface area contributed by atoms with Gasteiger partial charge in [-0.25, -0.2) is 4.79 Å². The second-order valence-corrected chi connectivity index (χ2v) is 6.08. The van der Waals surface area contributed by atoms with Crippen LogP contribution in [0.2, 0.25) is 0 Å². The molecule has 1 aromatic rings. The minimum atomic E-state index is -1.12. The van der Waals surface area contributed by atoms with E-state index in [4.69, 9.17) is 26.8 Å². The van der Waals surface area contributed by atoms with Gasteiger partial charge < -0.3 is 14.6 Å². The number of rotatable bonds is 5. The van der Waals surface area contributed by atoms with Crippen LogP contribution < -0.4 is 20.1 Å². The molecule has 0 spiro atoms. The number of thiocarbonyl (C=S) groups is 1. The molecule has 2 rings (SSSR count). The molecule has 3 N–H and O–H groups in total. The fraction of sp³-hybridized carbons (Fsp3) is 0.143. The summed E-state index contributed by atoms with van der Waals surface area (Å²) < 4.78 is 10.9. The van der Waals surface area contributed by atoms with Gasteiger partial charge in [0.2, 0.25) is 0 Å². The molecule has 1 aromatic carbocycles. The Kier molecular flexibility index (Phi) is 5.72. The third kappa shape index (κ3) is 4.20. The van der Waals surface area contributed by atoms with Crippen LogP contribution in [0.4, 0.5) is 0 Å². The summed E-state index contributed by atoms with van der Waals surface area (Å²) >= 11 is 6.67. The monoisotopic (exact) mass is 462 g/mol. The van der Waals surface area contributed by atoms with Gasteiger partial charge >= 0.3 is 5.97 Å². The van der Waals surface area contributed by atoms with Gasteiger partial charge in [0.1, 0.15) is 5.57 Å². The summed E-state index contributed by atoms with van der Waals surface area (Å²) in [7, 11) is 1.40. The van der Waals surface area contributed by atoms with Crippen LogP contribution >= 0.6 is 34.8 Å². The lowest BCUT2D eigenvalue weighted by Crippen LogP contribution is -2.51. The van der Waals surface area contributed by atoms with Gasteiger partial charge in [0.05, 0.1) is 10.7 Å². The van der Waals surface area contributed by atoms with Crippen molar-refractivity contribution in [3.63, 3.8) is 0 Å². The lowest BCUT2D eigenvalue weighted by atomic mass is 10.1. The third-order valence-electron chi connectivity index (χ3n) is 2.85. The molecule has 8 nitrogen and oxygen atoms in total. The average Bonchev–Trinajstić information content (AvgIpc) is 2.49. The van der Waals surface area contributed by atoms with Crippen molar-refractivity contribution in [2.75, 3.05) is 13.7 Å². The summed E-state index contributed by atoms with van der Waals surface area (Å²) in [5, 5.41) is 13.3. The maximum absolute atomic E-state index is 11.9. The first-order valence-electron chi connectivity index (χ1n) is 6.42. The zero-order valence-electron chi connectivity index (χ0n) is 12.2. The number of nitrogens with one attached hydrogen (secondary N) is 2. The largest absolute Gasteiger partial charge is 0.493 e. The smallest absolute Gasteiger partial charge is 0.341 e. The molecule has 2 amide bonds. The molecule has 1 saturated heterocycles. The van der Waals surface area contributed by atoms with Crippen molar-refractivity contribution in [1.29, 1.82) is 0 Å². The quantitative estimate of drug-likeness (QED) is 0.255. The Morgan fingerprint density at radius 3 is 2.50 bits per heavy atom. The van der Waals surface area contributed by atoms with Crippen LogP contribution in [0.3, 0.4) is 0 Å². The van der Waals surface area contributed by atoms with Crippen molar-refractivity contribution in [3.05, 3.63) is 26.8 Å². The van der Waals surface area contributed by atoms with E-state index in [9.17, 15) is 14.4 Å². The standard InChI is InChI=1S/C14H11IN2O6S/c1-22-9-4-6(3-8(15)11(9)23-5-10(18)19)2-7-12(20)16-14(24)17-13(7)21/h2-4H,5H2,1H3,(H,18,19)(H2,16,17,20,21,24). The zero-order valence-corrected chi connectivity index (χ0v) is 15.2. The highest BCUT2D eigenvalue weighted by atomic mass is 127. The van der Waals surface area contributed by atoms with Gasteiger partial charge in [-0.15, -0.1) is 0 Å². The van der Waals surface area contributed by atoms with Crippen molar-refractivity contribution >= 4 is 63.8 Å². The minimum absolute atomic E-state index is 0.0493. The first kappa shape index (κ1) is 18.1. The molecule has 126 valence electrons. The number of halogens is 1. The van der Waals surface area contributed by atoms with E-state index in [0.29, 0.717) is 9.13 Å². The van der Waals surface area contributed by atoms with E-state index in [1.54, 1.807) is 6.07 Å². The average molecular weight is 462 g/mol. The fourth-order valence-corrected chi connectivity index (χ4v) is 2.84. The van der Waals surface area contributed by atoms with Crippen LogP contribution in [0, 0.1) is 3.57 Å². The Morgan fingerprint density at radius 1 is 1.33 bits per heavy atom. The number of hydrogen-bond donors (Lipinski definition) is 3. The molecule has 0 atom stereocenters. The number of methoxy groups -OCH3 is 1. The van der Waals surface area contributed by atoms with E-state index < -0.39 is 24.4 Å². The van der Waals surface area contributed by atoms with Gasteiger partial charge in [0, 0.05) is 0 Å². The molecule has 1 aliphatic rings. The lowest BCUT2D eigenvalue weighted by Gasteiger charge is -2.17. The highest BCUT2D eigenvalue weighted by Gasteiger charge is 2.26. The molecule has 1 aliphatic heterocycles. The van der Waals surface area contributed by atoms with Gasteiger partial charge in [-0.3, -0.25) is 20.2 Å². The summed E-state index contributed by atoms with van der Waals surface area (Å²) in [6.45, 7) is -0.519. The van der Waals surface area contributed by atoms with Crippen LogP contribution in [0.15, 0.2) is 17.7 Å². The van der Waals surface area contributed by atoms with Crippen molar-refractivity contribution in [3.8, 4) is 11.5 Å². The first-order chi connectivity index (χ1) is 11.3. The van der Waals surface area contributed by atoms with Crippen molar-refractivity contribution < 1.29 is 29.0 Å². The Morgan fingerprint density at radius 2 is 1.96 bits per heavy atom. The highest BCUT2D eigenvalue weighted by Crippen LogP contribution is 2.34. The summed E-state index contributed by atoms with van der Waals surface area (Å²) in [6, 6.07) is 3.15. The number of carbonyl (C=O) groups is 3. The second-order valence-electron chi connectivity index (χ2n) is 4.51. The summed E-state index contributed by atoms with van der Waals surface area (Å²) in [5.74, 6) is -1.79.